The summed E-state index contributed by atoms with van der Waals surface area (Å²) in [4.78, 5) is 26.0. The van der Waals surface area contributed by atoms with E-state index in [1.165, 1.54) is 5.56 Å². The lowest BCUT2D eigenvalue weighted by atomic mass is 9.89. The van der Waals surface area contributed by atoms with Crippen LogP contribution in [-0.2, 0) is 6.54 Å². The Bertz CT molecular complexity index is 1480. The molecule has 6 nitrogen and oxygen atoms in total. The summed E-state index contributed by atoms with van der Waals surface area (Å²) >= 11 is 6.51. The molecule has 1 saturated heterocycles. The van der Waals surface area contributed by atoms with Crippen LogP contribution in [-0.4, -0.2) is 41.2 Å². The molecule has 2 aliphatic heterocycles. The number of fused-ring (bicyclic) bond motifs is 5. The molecule has 0 atom stereocenters. The van der Waals surface area contributed by atoms with Gasteiger partial charge in [-0.05, 0) is 61.2 Å². The van der Waals surface area contributed by atoms with Crippen molar-refractivity contribution in [2.75, 3.05) is 19.7 Å². The van der Waals surface area contributed by atoms with Gasteiger partial charge in [0, 0.05) is 33.4 Å². The minimum absolute atomic E-state index is 0.0416. The van der Waals surface area contributed by atoms with Gasteiger partial charge >= 0.3 is 0 Å². The van der Waals surface area contributed by atoms with Gasteiger partial charge in [0.25, 0.3) is 11.8 Å². The molecule has 0 unspecified atom stereocenters. The van der Waals surface area contributed by atoms with Crippen molar-refractivity contribution in [1.82, 2.24) is 15.2 Å². The van der Waals surface area contributed by atoms with E-state index in [4.69, 9.17) is 11.6 Å². The van der Waals surface area contributed by atoms with E-state index in [9.17, 15) is 14.7 Å². The van der Waals surface area contributed by atoms with Crippen molar-refractivity contribution >= 4 is 45.2 Å². The Labute approximate surface area is 201 Å². The molecule has 3 N–H and O–H groups in total. The second-order valence-electron chi connectivity index (χ2n) is 9.01. The molecule has 7 heteroatoms. The average Bonchev–Trinajstić information content (AvgIpc) is 3.33. The molecule has 0 bridgehead atoms. The predicted octanol–water partition coefficient (Wildman–Crippen LogP) is 4.46. The molecule has 1 aromatic heterocycles. The van der Waals surface area contributed by atoms with Crippen molar-refractivity contribution in [2.24, 2.45) is 0 Å². The van der Waals surface area contributed by atoms with Crippen LogP contribution in [0.25, 0.3) is 32.9 Å². The number of hydrogen-bond donors (Lipinski definition) is 3. The topological polar surface area (TPSA) is 83.4 Å². The maximum Gasteiger partial charge on any atom is 0.259 e. The van der Waals surface area contributed by atoms with Crippen LogP contribution in [0.2, 0.25) is 5.02 Å². The Morgan fingerprint density at radius 1 is 0.941 bits per heavy atom. The van der Waals surface area contributed by atoms with E-state index in [2.05, 4.69) is 33.4 Å². The lowest BCUT2D eigenvalue weighted by Gasteiger charge is -2.23. The van der Waals surface area contributed by atoms with Gasteiger partial charge in [0.2, 0.25) is 0 Å². The van der Waals surface area contributed by atoms with Crippen molar-refractivity contribution < 1.29 is 14.7 Å². The summed E-state index contributed by atoms with van der Waals surface area (Å²) in [6.07, 6.45) is 2.16. The first-order chi connectivity index (χ1) is 16.6. The molecule has 0 saturated carbocycles. The van der Waals surface area contributed by atoms with E-state index < -0.39 is 11.8 Å². The number of nitrogens with one attached hydrogen (secondary N) is 2. The molecule has 3 heterocycles. The van der Waals surface area contributed by atoms with Gasteiger partial charge < -0.3 is 15.0 Å². The molecule has 172 valence electrons. The third-order valence-corrected chi connectivity index (χ3v) is 7.49. The van der Waals surface area contributed by atoms with Gasteiger partial charge in [-0.25, -0.2) is 0 Å². The van der Waals surface area contributed by atoms with Gasteiger partial charge in [-0.1, -0.05) is 41.9 Å². The normalized spacial score (nSPS) is 16.4. The van der Waals surface area contributed by atoms with E-state index in [0.29, 0.717) is 39.7 Å². The number of piperidine rings is 1. The van der Waals surface area contributed by atoms with Crippen LogP contribution in [0.1, 0.15) is 45.0 Å². The largest absolute Gasteiger partial charge is 0.395 e. The Kier molecular flexibility index (Phi) is 5.17. The third kappa shape index (κ3) is 3.17. The van der Waals surface area contributed by atoms with Gasteiger partial charge in [0.15, 0.2) is 0 Å². The first-order valence-corrected chi connectivity index (χ1v) is 12.0. The van der Waals surface area contributed by atoms with E-state index in [1.54, 1.807) is 6.07 Å². The average molecular weight is 474 g/mol. The predicted molar refractivity (Wildman–Crippen MR) is 134 cm³/mol. The molecule has 0 spiro atoms. The van der Waals surface area contributed by atoms with Crippen molar-refractivity contribution in [3.05, 3.63) is 70.2 Å². The van der Waals surface area contributed by atoms with Crippen LogP contribution in [0.3, 0.4) is 0 Å². The fourth-order valence-electron chi connectivity index (χ4n) is 5.60. The summed E-state index contributed by atoms with van der Waals surface area (Å²) in [5.74, 6) is -0.337. The summed E-state index contributed by atoms with van der Waals surface area (Å²) in [6.45, 7) is 2.34. The first-order valence-electron chi connectivity index (χ1n) is 11.6. The summed E-state index contributed by atoms with van der Waals surface area (Å²) < 4.78 is 2.06. The minimum atomic E-state index is -0.411. The van der Waals surface area contributed by atoms with Crippen LogP contribution in [0.15, 0.2) is 48.5 Å². The molecule has 34 heavy (non-hydrogen) atoms. The number of amides is 2. The zero-order valence-electron chi connectivity index (χ0n) is 18.5. The number of aromatic nitrogens is 1. The first kappa shape index (κ1) is 21.4. The van der Waals surface area contributed by atoms with E-state index in [0.717, 1.165) is 47.7 Å². The quantitative estimate of drug-likeness (QED) is 0.382. The summed E-state index contributed by atoms with van der Waals surface area (Å²) in [7, 11) is 0. The smallest absolute Gasteiger partial charge is 0.259 e. The van der Waals surface area contributed by atoms with Crippen molar-refractivity contribution in [3.63, 3.8) is 0 Å². The summed E-state index contributed by atoms with van der Waals surface area (Å²) in [5.41, 5.74) is 5.10. The second kappa shape index (κ2) is 8.24. The van der Waals surface area contributed by atoms with Gasteiger partial charge in [-0.2, -0.15) is 0 Å². The number of halogens is 1. The van der Waals surface area contributed by atoms with Crippen molar-refractivity contribution in [2.45, 2.75) is 25.3 Å². The van der Waals surface area contributed by atoms with Gasteiger partial charge in [-0.15, -0.1) is 0 Å². The standard InChI is InChI=1S/C27H24ClN3O3/c28-20-4-2-1-3-17(20)19-14-22-23(25-24(19)26(33)30-27(25)34)18-6-5-16(15-7-9-29-10-8-15)13-21(18)31(22)11-12-32/h1-6,13-15,29,32H,7-12H2,(H,30,33,34). The van der Waals surface area contributed by atoms with Crippen LogP contribution in [0.4, 0.5) is 0 Å². The number of nitrogens with zero attached hydrogens (tertiary/aromatic N) is 1. The summed E-state index contributed by atoms with van der Waals surface area (Å²) in [6, 6.07) is 15.7. The summed E-state index contributed by atoms with van der Waals surface area (Å²) in [5, 5.41) is 18.0. The Hall–Kier alpha value is -3.19. The van der Waals surface area contributed by atoms with Gasteiger partial charge in [-0.3, -0.25) is 14.9 Å². The molecule has 4 aromatic rings. The fraction of sp³-hybridized carbons (Fsp3) is 0.259. The number of rotatable bonds is 4. The molecule has 2 amide bonds. The van der Waals surface area contributed by atoms with Crippen LogP contribution >= 0.6 is 11.6 Å². The van der Waals surface area contributed by atoms with Crippen LogP contribution in [0.5, 0.6) is 0 Å². The monoisotopic (exact) mass is 473 g/mol. The number of aliphatic hydroxyl groups is 1. The molecule has 6 rings (SSSR count). The Morgan fingerprint density at radius 2 is 1.71 bits per heavy atom. The van der Waals surface area contributed by atoms with E-state index >= 15 is 0 Å². The SMILES string of the molecule is O=C1NC(=O)c2c1c(-c1ccccc1Cl)cc1c2c2ccc(C3CCNCC3)cc2n1CCO. The van der Waals surface area contributed by atoms with Crippen molar-refractivity contribution in [1.29, 1.82) is 0 Å². The van der Waals surface area contributed by atoms with Crippen LogP contribution in [0, 0.1) is 0 Å². The Morgan fingerprint density at radius 3 is 2.47 bits per heavy atom. The zero-order valence-corrected chi connectivity index (χ0v) is 19.3. The molecular weight excluding hydrogens is 450 g/mol. The van der Waals surface area contributed by atoms with Gasteiger partial charge in [0.05, 0.1) is 23.3 Å². The van der Waals surface area contributed by atoms with E-state index in [1.807, 2.05) is 24.3 Å². The van der Waals surface area contributed by atoms with Crippen molar-refractivity contribution in [3.8, 4) is 11.1 Å². The lowest BCUT2D eigenvalue weighted by Crippen LogP contribution is -2.26. The number of hydrogen-bond acceptors (Lipinski definition) is 4. The van der Waals surface area contributed by atoms with Crippen LogP contribution < -0.4 is 10.6 Å². The minimum Gasteiger partial charge on any atom is -0.395 e. The molecule has 2 aliphatic rings. The molecular formula is C27H24ClN3O3. The lowest BCUT2D eigenvalue weighted by molar-refractivity contribution is 0.0880. The van der Waals surface area contributed by atoms with E-state index in [-0.39, 0.29) is 6.61 Å². The maximum atomic E-state index is 13.1. The van der Waals surface area contributed by atoms with Gasteiger partial charge in [0.1, 0.15) is 0 Å². The highest BCUT2D eigenvalue weighted by molar-refractivity contribution is 6.36. The molecule has 0 radical (unpaired) electrons. The Balaban J connectivity index is 1.70. The highest BCUT2D eigenvalue weighted by atomic mass is 35.5. The number of benzene rings is 3. The molecule has 3 aromatic carbocycles. The number of imide groups is 1. The highest BCUT2D eigenvalue weighted by Gasteiger charge is 2.35. The highest BCUT2D eigenvalue weighted by Crippen LogP contribution is 2.42. The number of carbonyl (C=O) groups is 2. The number of carbonyl (C=O) groups excluding carboxylic acids is 2. The molecule has 1 fully saturated rings. The molecule has 0 aliphatic carbocycles. The second-order valence-corrected chi connectivity index (χ2v) is 9.41. The number of aliphatic hydroxyl groups excluding tert-OH is 1. The zero-order chi connectivity index (χ0) is 23.4. The third-order valence-electron chi connectivity index (χ3n) is 7.16. The fourth-order valence-corrected chi connectivity index (χ4v) is 5.84. The maximum absolute atomic E-state index is 13.1.